The Bertz CT molecular complexity index is 836. The van der Waals surface area contributed by atoms with Gasteiger partial charge in [0.05, 0.1) is 13.1 Å². The molecule has 0 fully saturated rings. The standard InChI is InChI=1S/C24H35N5O.HI/c1-6-25-24(26-15-19(3)21-12-10-18(2)11-13-21)27-16-20-8-7-9-22(14-20)28-23(30)17-29(4)5;/h7-14,19H,6,15-17H2,1-5H3,(H,28,30)(H2,25,26,27);1H. The number of likely N-dealkylation sites (N-methyl/N-ethyl adjacent to an activating group) is 1. The molecule has 0 aliphatic carbocycles. The highest BCUT2D eigenvalue weighted by Crippen LogP contribution is 2.15. The zero-order valence-electron chi connectivity index (χ0n) is 19.2. The Kier molecular flexibility index (Phi) is 12.2. The molecule has 7 heteroatoms. The van der Waals surface area contributed by atoms with Crippen molar-refractivity contribution in [1.82, 2.24) is 15.5 Å². The lowest BCUT2D eigenvalue weighted by atomic mass is 10.0. The van der Waals surface area contributed by atoms with E-state index in [1.807, 2.05) is 43.3 Å². The third kappa shape index (κ3) is 10.1. The summed E-state index contributed by atoms with van der Waals surface area (Å²) >= 11 is 0. The van der Waals surface area contributed by atoms with Crippen LogP contribution in [0.15, 0.2) is 53.5 Å². The van der Waals surface area contributed by atoms with Crippen molar-refractivity contribution < 1.29 is 4.79 Å². The number of carbonyl (C=O) groups excluding carboxylic acids is 1. The van der Waals surface area contributed by atoms with Gasteiger partial charge in [0.15, 0.2) is 5.96 Å². The molecular weight excluding hydrogens is 501 g/mol. The first-order valence-corrected chi connectivity index (χ1v) is 10.5. The highest BCUT2D eigenvalue weighted by atomic mass is 127. The molecule has 2 aromatic rings. The predicted molar refractivity (Wildman–Crippen MR) is 141 cm³/mol. The van der Waals surface area contributed by atoms with E-state index < -0.39 is 0 Å². The van der Waals surface area contributed by atoms with Crippen LogP contribution in [0.1, 0.15) is 36.5 Å². The number of aryl methyl sites for hydroxylation is 1. The molecule has 31 heavy (non-hydrogen) atoms. The summed E-state index contributed by atoms with van der Waals surface area (Å²) < 4.78 is 0. The van der Waals surface area contributed by atoms with Gasteiger partial charge in [0, 0.05) is 18.8 Å². The van der Waals surface area contributed by atoms with E-state index in [9.17, 15) is 4.79 Å². The summed E-state index contributed by atoms with van der Waals surface area (Å²) in [6.45, 7) is 8.86. The van der Waals surface area contributed by atoms with Crippen LogP contribution in [-0.4, -0.2) is 50.5 Å². The third-order valence-electron chi connectivity index (χ3n) is 4.66. The largest absolute Gasteiger partial charge is 0.357 e. The summed E-state index contributed by atoms with van der Waals surface area (Å²) in [5, 5.41) is 9.66. The van der Waals surface area contributed by atoms with Gasteiger partial charge in [-0.15, -0.1) is 24.0 Å². The molecule has 1 amide bonds. The van der Waals surface area contributed by atoms with Crippen LogP contribution < -0.4 is 16.0 Å². The molecule has 6 nitrogen and oxygen atoms in total. The SMILES string of the molecule is CCNC(=NCc1cccc(NC(=O)CN(C)C)c1)NCC(C)c1ccc(C)cc1.I. The van der Waals surface area contributed by atoms with Crippen LogP contribution in [0.3, 0.4) is 0 Å². The van der Waals surface area contributed by atoms with Crippen molar-refractivity contribution >= 4 is 41.5 Å². The number of nitrogens with zero attached hydrogens (tertiary/aromatic N) is 2. The van der Waals surface area contributed by atoms with Gasteiger partial charge in [-0.25, -0.2) is 4.99 Å². The summed E-state index contributed by atoms with van der Waals surface area (Å²) in [7, 11) is 3.75. The zero-order valence-corrected chi connectivity index (χ0v) is 21.6. The maximum absolute atomic E-state index is 12.0. The van der Waals surface area contributed by atoms with Gasteiger partial charge in [-0.05, 0) is 57.1 Å². The fourth-order valence-electron chi connectivity index (χ4n) is 3.01. The number of hydrogen-bond acceptors (Lipinski definition) is 3. The molecule has 2 rings (SSSR count). The fraction of sp³-hybridized carbons (Fsp3) is 0.417. The lowest BCUT2D eigenvalue weighted by Gasteiger charge is -2.16. The Balaban J connectivity index is 0.00000480. The van der Waals surface area contributed by atoms with Crippen molar-refractivity contribution in [2.75, 3.05) is 39.0 Å². The van der Waals surface area contributed by atoms with E-state index in [2.05, 4.69) is 61.0 Å². The second-order valence-corrected chi connectivity index (χ2v) is 7.87. The minimum atomic E-state index is -0.0271. The van der Waals surface area contributed by atoms with Crippen molar-refractivity contribution in [2.45, 2.75) is 33.2 Å². The molecule has 0 spiro atoms. The van der Waals surface area contributed by atoms with Gasteiger partial charge in [0.2, 0.25) is 5.91 Å². The lowest BCUT2D eigenvalue weighted by Crippen LogP contribution is -2.39. The first kappa shape index (κ1) is 26.9. The molecule has 0 saturated heterocycles. The van der Waals surface area contributed by atoms with Gasteiger partial charge < -0.3 is 20.9 Å². The normalized spacial score (nSPS) is 12.1. The third-order valence-corrected chi connectivity index (χ3v) is 4.66. The molecule has 3 N–H and O–H groups in total. The topological polar surface area (TPSA) is 68.8 Å². The number of carbonyl (C=O) groups is 1. The molecule has 1 unspecified atom stereocenters. The number of rotatable bonds is 9. The Morgan fingerprint density at radius 3 is 2.45 bits per heavy atom. The van der Waals surface area contributed by atoms with Crippen LogP contribution in [0.4, 0.5) is 5.69 Å². The van der Waals surface area contributed by atoms with Gasteiger partial charge in [-0.3, -0.25) is 4.79 Å². The minimum absolute atomic E-state index is 0. The molecular formula is C24H36IN5O. The van der Waals surface area contributed by atoms with Gasteiger partial charge in [0.1, 0.15) is 0 Å². The van der Waals surface area contributed by atoms with Gasteiger partial charge in [0.25, 0.3) is 0 Å². The van der Waals surface area contributed by atoms with Crippen molar-refractivity contribution in [3.05, 3.63) is 65.2 Å². The Morgan fingerprint density at radius 2 is 1.81 bits per heavy atom. The Hall–Kier alpha value is -2.13. The number of anilines is 1. The van der Waals surface area contributed by atoms with Crippen LogP contribution in [0, 0.1) is 6.92 Å². The van der Waals surface area contributed by atoms with E-state index in [0.717, 1.165) is 30.3 Å². The number of aliphatic imine (C=N–C) groups is 1. The molecule has 0 aromatic heterocycles. The molecule has 0 radical (unpaired) electrons. The van der Waals surface area contributed by atoms with Gasteiger partial charge in [-0.1, -0.05) is 48.9 Å². The minimum Gasteiger partial charge on any atom is -0.357 e. The first-order chi connectivity index (χ1) is 14.4. The van der Waals surface area contributed by atoms with Crippen LogP contribution >= 0.6 is 24.0 Å². The number of hydrogen-bond donors (Lipinski definition) is 3. The number of benzene rings is 2. The lowest BCUT2D eigenvalue weighted by molar-refractivity contribution is -0.116. The average molecular weight is 537 g/mol. The number of nitrogens with one attached hydrogen (secondary N) is 3. The fourth-order valence-corrected chi connectivity index (χ4v) is 3.01. The second-order valence-electron chi connectivity index (χ2n) is 7.87. The Morgan fingerprint density at radius 1 is 1.10 bits per heavy atom. The van der Waals surface area contributed by atoms with E-state index in [1.165, 1.54) is 11.1 Å². The maximum atomic E-state index is 12.0. The summed E-state index contributed by atoms with van der Waals surface area (Å²) in [4.78, 5) is 18.5. The summed E-state index contributed by atoms with van der Waals surface area (Å²) in [6.07, 6.45) is 0. The molecule has 0 bridgehead atoms. The van der Waals surface area contributed by atoms with Crippen molar-refractivity contribution in [3.63, 3.8) is 0 Å². The van der Waals surface area contributed by atoms with Crippen molar-refractivity contribution in [1.29, 1.82) is 0 Å². The number of halogens is 1. The first-order valence-electron chi connectivity index (χ1n) is 10.5. The van der Waals surface area contributed by atoms with Crippen molar-refractivity contribution in [2.24, 2.45) is 4.99 Å². The van der Waals surface area contributed by atoms with Crippen LogP contribution in [0.2, 0.25) is 0 Å². The van der Waals surface area contributed by atoms with E-state index in [0.29, 0.717) is 19.0 Å². The summed E-state index contributed by atoms with van der Waals surface area (Å²) in [6, 6.07) is 16.5. The molecule has 2 aromatic carbocycles. The quantitative estimate of drug-likeness (QED) is 0.257. The number of guanidine groups is 1. The van der Waals surface area contributed by atoms with E-state index in [4.69, 9.17) is 4.99 Å². The zero-order chi connectivity index (χ0) is 21.9. The molecule has 1 atom stereocenters. The van der Waals surface area contributed by atoms with Gasteiger partial charge in [-0.2, -0.15) is 0 Å². The van der Waals surface area contributed by atoms with E-state index >= 15 is 0 Å². The smallest absolute Gasteiger partial charge is 0.238 e. The molecule has 0 aliphatic rings. The Labute approximate surface area is 203 Å². The molecule has 0 aliphatic heterocycles. The van der Waals surface area contributed by atoms with Crippen molar-refractivity contribution in [3.8, 4) is 0 Å². The monoisotopic (exact) mass is 537 g/mol. The maximum Gasteiger partial charge on any atom is 0.238 e. The van der Waals surface area contributed by atoms with Gasteiger partial charge >= 0.3 is 0 Å². The average Bonchev–Trinajstić information content (AvgIpc) is 2.70. The second kappa shape index (κ2) is 14.0. The summed E-state index contributed by atoms with van der Waals surface area (Å²) in [5.41, 5.74) is 4.42. The highest BCUT2D eigenvalue weighted by molar-refractivity contribution is 14.0. The molecule has 170 valence electrons. The molecule has 0 heterocycles. The number of amides is 1. The van der Waals surface area contributed by atoms with Crippen LogP contribution in [-0.2, 0) is 11.3 Å². The predicted octanol–water partition coefficient (Wildman–Crippen LogP) is 3.97. The molecule has 0 saturated carbocycles. The van der Waals surface area contributed by atoms with Crippen LogP contribution in [0.5, 0.6) is 0 Å². The van der Waals surface area contributed by atoms with E-state index in [1.54, 1.807) is 0 Å². The van der Waals surface area contributed by atoms with E-state index in [-0.39, 0.29) is 29.9 Å². The van der Waals surface area contributed by atoms with Crippen LogP contribution in [0.25, 0.3) is 0 Å². The highest BCUT2D eigenvalue weighted by Gasteiger charge is 2.07. The summed E-state index contributed by atoms with van der Waals surface area (Å²) in [5.74, 6) is 1.14.